The number of carbonyl (C=O) groups excluding carboxylic acids is 1. The Kier molecular flexibility index (Phi) is 5.14. The molecule has 122 valence electrons. The third-order valence-corrected chi connectivity index (χ3v) is 3.42. The minimum atomic E-state index is -4.41. The Bertz CT molecular complexity index is 788. The lowest BCUT2D eigenvalue weighted by Gasteiger charge is -2.09. The number of hydrogen-bond donors (Lipinski definition) is 0. The number of alkyl halides is 3. The summed E-state index contributed by atoms with van der Waals surface area (Å²) in [6.07, 6.45) is -1.67. The van der Waals surface area contributed by atoms with Crippen molar-refractivity contribution >= 4 is 11.4 Å². The summed E-state index contributed by atoms with van der Waals surface area (Å²) in [7, 11) is 0. The van der Waals surface area contributed by atoms with Gasteiger partial charge in [0.25, 0.3) is 0 Å². The normalized spacial score (nSPS) is 13.2. The van der Waals surface area contributed by atoms with Gasteiger partial charge in [-0.05, 0) is 48.4 Å². The lowest BCUT2D eigenvalue weighted by molar-refractivity contribution is -0.137. The maximum Gasteiger partial charge on any atom is 0.416 e. The van der Waals surface area contributed by atoms with E-state index in [2.05, 4.69) is 4.98 Å². The zero-order valence-corrected chi connectivity index (χ0v) is 12.7. The third kappa shape index (κ3) is 4.07. The average molecular weight is 330 g/mol. The zero-order valence-electron chi connectivity index (χ0n) is 12.7. The first-order valence-corrected chi connectivity index (χ1v) is 7.03. The smallest absolute Gasteiger partial charge is 0.293 e. The number of nitriles is 1. The first-order chi connectivity index (χ1) is 11.3. The van der Waals surface area contributed by atoms with Gasteiger partial charge < -0.3 is 0 Å². The Morgan fingerprint density at radius 3 is 2.38 bits per heavy atom. The van der Waals surface area contributed by atoms with Gasteiger partial charge in [-0.15, -0.1) is 0 Å². The van der Waals surface area contributed by atoms with Crippen molar-refractivity contribution in [3.8, 4) is 6.07 Å². The molecular weight excluding hydrogens is 317 g/mol. The maximum atomic E-state index is 12.6. The van der Waals surface area contributed by atoms with Gasteiger partial charge in [-0.3, -0.25) is 9.78 Å². The van der Waals surface area contributed by atoms with Crippen LogP contribution in [-0.4, -0.2) is 10.8 Å². The summed E-state index contributed by atoms with van der Waals surface area (Å²) in [5, 5.41) is 9.19. The van der Waals surface area contributed by atoms with Crippen LogP contribution in [0.4, 0.5) is 13.2 Å². The molecule has 0 saturated heterocycles. The van der Waals surface area contributed by atoms with Crippen molar-refractivity contribution in [3.63, 3.8) is 0 Å². The summed E-state index contributed by atoms with van der Waals surface area (Å²) in [4.78, 5) is 16.3. The average Bonchev–Trinajstić information content (AvgIpc) is 2.56. The maximum absolute atomic E-state index is 12.6. The van der Waals surface area contributed by atoms with Crippen LogP contribution in [0.25, 0.3) is 5.57 Å². The number of pyridine rings is 1. The van der Waals surface area contributed by atoms with E-state index in [0.29, 0.717) is 16.8 Å². The largest absolute Gasteiger partial charge is 0.416 e. The van der Waals surface area contributed by atoms with E-state index >= 15 is 0 Å². The van der Waals surface area contributed by atoms with Crippen LogP contribution in [0.5, 0.6) is 0 Å². The van der Waals surface area contributed by atoms with Crippen molar-refractivity contribution in [2.75, 3.05) is 0 Å². The van der Waals surface area contributed by atoms with Crippen molar-refractivity contribution in [3.05, 3.63) is 71.6 Å². The van der Waals surface area contributed by atoms with Crippen LogP contribution in [0.2, 0.25) is 0 Å². The molecule has 1 heterocycles. The molecule has 0 spiro atoms. The number of rotatable bonds is 4. The van der Waals surface area contributed by atoms with Crippen molar-refractivity contribution in [1.29, 1.82) is 5.26 Å². The molecule has 0 amide bonds. The number of hydrogen-bond acceptors (Lipinski definition) is 3. The second kappa shape index (κ2) is 7.09. The van der Waals surface area contributed by atoms with Crippen LogP contribution >= 0.6 is 0 Å². The molecule has 0 saturated carbocycles. The Hall–Kier alpha value is -2.94. The Morgan fingerprint density at radius 1 is 1.21 bits per heavy atom. The summed E-state index contributed by atoms with van der Waals surface area (Å²) < 4.78 is 37.7. The molecule has 1 unspecified atom stereocenters. The Labute approximate surface area is 137 Å². The van der Waals surface area contributed by atoms with Crippen LogP contribution in [0.3, 0.4) is 0 Å². The van der Waals surface area contributed by atoms with E-state index < -0.39 is 23.4 Å². The molecule has 0 N–H and O–H groups in total. The first-order valence-electron chi connectivity index (χ1n) is 7.03. The predicted octanol–water partition coefficient (Wildman–Crippen LogP) is 4.38. The number of halogens is 3. The molecule has 24 heavy (non-hydrogen) atoms. The van der Waals surface area contributed by atoms with Crippen LogP contribution in [0, 0.1) is 11.3 Å². The number of nitrogens with zero attached hydrogens (tertiary/aromatic N) is 2. The molecule has 1 aromatic carbocycles. The molecule has 6 heteroatoms. The molecule has 0 aliphatic heterocycles. The molecule has 1 aromatic heterocycles. The van der Waals surface area contributed by atoms with Gasteiger partial charge in [0.05, 0.1) is 17.3 Å². The van der Waals surface area contributed by atoms with Crippen LogP contribution in [-0.2, 0) is 11.0 Å². The van der Waals surface area contributed by atoms with E-state index in [9.17, 15) is 23.2 Å². The van der Waals surface area contributed by atoms with Gasteiger partial charge in [0.1, 0.15) is 0 Å². The number of benzene rings is 1. The van der Waals surface area contributed by atoms with E-state index in [1.54, 1.807) is 25.1 Å². The molecule has 3 nitrogen and oxygen atoms in total. The third-order valence-electron chi connectivity index (χ3n) is 3.42. The summed E-state index contributed by atoms with van der Waals surface area (Å²) in [6.45, 7) is 1.60. The minimum Gasteiger partial charge on any atom is -0.293 e. The van der Waals surface area contributed by atoms with Gasteiger partial charge in [-0.1, -0.05) is 18.2 Å². The Balaban J connectivity index is 2.23. The fraction of sp³-hybridized carbons (Fsp3) is 0.167. The van der Waals surface area contributed by atoms with E-state index in [1.807, 2.05) is 6.07 Å². The minimum absolute atomic E-state index is 0.335. The molecule has 2 rings (SSSR count). The van der Waals surface area contributed by atoms with Gasteiger partial charge in [-0.2, -0.15) is 18.4 Å². The van der Waals surface area contributed by atoms with Crippen LogP contribution < -0.4 is 0 Å². The van der Waals surface area contributed by atoms with Crippen LogP contribution in [0.1, 0.15) is 29.7 Å². The van der Waals surface area contributed by atoms with Gasteiger partial charge in [0.2, 0.25) is 0 Å². The quantitative estimate of drug-likeness (QED) is 0.782. The molecule has 0 radical (unpaired) electrons. The highest BCUT2D eigenvalue weighted by atomic mass is 19.4. The molecule has 0 bridgehead atoms. The summed E-state index contributed by atoms with van der Waals surface area (Å²) >= 11 is 0. The highest BCUT2D eigenvalue weighted by Gasteiger charge is 2.30. The van der Waals surface area contributed by atoms with E-state index in [4.69, 9.17) is 0 Å². The van der Waals surface area contributed by atoms with Crippen molar-refractivity contribution < 1.29 is 18.0 Å². The fourth-order valence-corrected chi connectivity index (χ4v) is 2.12. The standard InChI is InChI=1S/C18H13F3N2O/c1-12(13-5-7-14(8-6-13)18(19,20)21)10-17(24)15(11-22)16-4-2-3-9-23-16/h2-10,15H,1H3/b12-10+. The lowest BCUT2D eigenvalue weighted by atomic mass is 9.97. The lowest BCUT2D eigenvalue weighted by Crippen LogP contribution is -2.10. The zero-order chi connectivity index (χ0) is 17.7. The van der Waals surface area contributed by atoms with Gasteiger partial charge >= 0.3 is 6.18 Å². The van der Waals surface area contributed by atoms with Crippen molar-refractivity contribution in [2.24, 2.45) is 0 Å². The highest BCUT2D eigenvalue weighted by Crippen LogP contribution is 2.30. The predicted molar refractivity (Wildman–Crippen MR) is 82.7 cm³/mol. The van der Waals surface area contributed by atoms with Crippen LogP contribution in [0.15, 0.2) is 54.7 Å². The van der Waals surface area contributed by atoms with E-state index in [0.717, 1.165) is 12.1 Å². The number of ketones is 1. The topological polar surface area (TPSA) is 53.8 Å². The van der Waals surface area contributed by atoms with Gasteiger partial charge in [0.15, 0.2) is 11.7 Å². The monoisotopic (exact) mass is 330 g/mol. The van der Waals surface area contributed by atoms with E-state index in [1.165, 1.54) is 24.4 Å². The molecule has 0 fully saturated rings. The summed E-state index contributed by atoms with van der Waals surface area (Å²) in [5.41, 5.74) is 0.536. The number of aromatic nitrogens is 1. The van der Waals surface area contributed by atoms with Crippen molar-refractivity contribution in [1.82, 2.24) is 4.98 Å². The van der Waals surface area contributed by atoms with Gasteiger partial charge in [-0.25, -0.2) is 0 Å². The van der Waals surface area contributed by atoms with E-state index in [-0.39, 0.29) is 0 Å². The number of allylic oxidation sites excluding steroid dienone is 2. The van der Waals surface area contributed by atoms with Gasteiger partial charge in [0, 0.05) is 6.20 Å². The summed E-state index contributed by atoms with van der Waals surface area (Å²) in [6, 6.07) is 11.3. The Morgan fingerprint density at radius 2 is 1.88 bits per heavy atom. The number of carbonyl (C=O) groups is 1. The molecule has 0 aliphatic carbocycles. The molecular formula is C18H13F3N2O. The highest BCUT2D eigenvalue weighted by molar-refractivity contribution is 6.02. The first kappa shape index (κ1) is 17.4. The summed E-state index contributed by atoms with van der Waals surface area (Å²) in [5.74, 6) is -1.51. The van der Waals surface area contributed by atoms with Crippen molar-refractivity contribution in [2.45, 2.75) is 19.0 Å². The molecule has 2 aromatic rings. The SMILES string of the molecule is C/C(=C\C(=O)C(C#N)c1ccccn1)c1ccc(C(F)(F)F)cc1. The molecule has 0 aliphatic rings. The second-order valence-electron chi connectivity index (χ2n) is 5.12. The molecule has 1 atom stereocenters. The fourth-order valence-electron chi connectivity index (χ4n) is 2.12. The second-order valence-corrected chi connectivity index (χ2v) is 5.12.